The average molecular weight is 242 g/mol. The van der Waals surface area contributed by atoms with Crippen LogP contribution in [0.2, 0.25) is 0 Å². The summed E-state index contributed by atoms with van der Waals surface area (Å²) < 4.78 is 0. The van der Waals surface area contributed by atoms with E-state index in [0.29, 0.717) is 13.0 Å². The Morgan fingerprint density at radius 3 is 3.06 bits per heavy atom. The number of nitrogens with one attached hydrogen (secondary N) is 1. The van der Waals surface area contributed by atoms with Crippen LogP contribution in [0.4, 0.5) is 0 Å². The Morgan fingerprint density at radius 1 is 1.39 bits per heavy atom. The zero-order valence-electron chi connectivity index (χ0n) is 9.84. The fourth-order valence-corrected chi connectivity index (χ4v) is 2.60. The van der Waals surface area contributed by atoms with E-state index in [0.717, 1.165) is 16.3 Å². The van der Waals surface area contributed by atoms with Gasteiger partial charge in [-0.1, -0.05) is 18.2 Å². The number of carboxylic acid groups (broad SMARTS) is 1. The van der Waals surface area contributed by atoms with E-state index in [1.165, 1.54) is 0 Å². The molecule has 2 heterocycles. The lowest BCUT2D eigenvalue weighted by Crippen LogP contribution is -2.17. The number of rotatable bonds is 2. The summed E-state index contributed by atoms with van der Waals surface area (Å²) >= 11 is 0. The first-order chi connectivity index (χ1) is 8.75. The van der Waals surface area contributed by atoms with Crippen molar-refractivity contribution in [3.63, 3.8) is 0 Å². The van der Waals surface area contributed by atoms with Crippen molar-refractivity contribution >= 4 is 16.7 Å². The van der Waals surface area contributed by atoms with Gasteiger partial charge in [0, 0.05) is 30.4 Å². The smallest absolute Gasteiger partial charge is 0.307 e. The minimum absolute atomic E-state index is 0.110. The van der Waals surface area contributed by atoms with Gasteiger partial charge in [-0.3, -0.25) is 9.78 Å². The Bertz CT molecular complexity index is 592. The number of hydrogen-bond donors (Lipinski definition) is 2. The van der Waals surface area contributed by atoms with Crippen molar-refractivity contribution in [3.05, 3.63) is 42.2 Å². The summed E-state index contributed by atoms with van der Waals surface area (Å²) in [6, 6.07) is 8.19. The molecule has 0 saturated carbocycles. The molecule has 1 aromatic carbocycles. The van der Waals surface area contributed by atoms with Gasteiger partial charge in [0.2, 0.25) is 0 Å². The maximum atomic E-state index is 11.0. The van der Waals surface area contributed by atoms with Crippen LogP contribution in [0.3, 0.4) is 0 Å². The second-order valence-electron chi connectivity index (χ2n) is 4.68. The fraction of sp³-hybridized carbons (Fsp3) is 0.286. The lowest BCUT2D eigenvalue weighted by Gasteiger charge is -2.13. The number of carboxylic acids is 1. The number of fused-ring (bicyclic) bond motifs is 1. The molecular weight excluding hydrogens is 228 g/mol. The zero-order chi connectivity index (χ0) is 12.5. The summed E-state index contributed by atoms with van der Waals surface area (Å²) in [6.45, 7) is 0.538. The van der Waals surface area contributed by atoms with Gasteiger partial charge >= 0.3 is 5.97 Å². The van der Waals surface area contributed by atoms with Crippen LogP contribution in [0.5, 0.6) is 0 Å². The molecule has 0 aliphatic carbocycles. The van der Waals surface area contributed by atoms with Crippen molar-refractivity contribution in [2.45, 2.75) is 12.5 Å². The maximum Gasteiger partial charge on any atom is 0.307 e. The third-order valence-corrected chi connectivity index (χ3v) is 3.57. The van der Waals surface area contributed by atoms with Crippen LogP contribution < -0.4 is 5.32 Å². The topological polar surface area (TPSA) is 62.2 Å². The molecule has 92 valence electrons. The normalized spacial score (nSPS) is 23.3. The number of aliphatic carboxylic acids is 1. The van der Waals surface area contributed by atoms with E-state index < -0.39 is 5.97 Å². The summed E-state index contributed by atoms with van der Waals surface area (Å²) in [5.74, 6) is -1.01. The van der Waals surface area contributed by atoms with Gasteiger partial charge in [0.05, 0.1) is 5.92 Å². The minimum atomic E-state index is -0.719. The van der Waals surface area contributed by atoms with Crippen LogP contribution in [-0.2, 0) is 4.79 Å². The molecule has 0 radical (unpaired) electrons. The van der Waals surface area contributed by atoms with E-state index in [4.69, 9.17) is 5.11 Å². The number of hydrogen-bond acceptors (Lipinski definition) is 3. The highest BCUT2D eigenvalue weighted by Crippen LogP contribution is 2.31. The highest BCUT2D eigenvalue weighted by Gasteiger charge is 2.30. The summed E-state index contributed by atoms with van der Waals surface area (Å²) in [5, 5.41) is 14.6. The predicted molar refractivity (Wildman–Crippen MR) is 68.2 cm³/mol. The van der Waals surface area contributed by atoms with E-state index in [-0.39, 0.29) is 12.0 Å². The van der Waals surface area contributed by atoms with Crippen molar-refractivity contribution in [2.75, 3.05) is 6.54 Å². The van der Waals surface area contributed by atoms with Crippen molar-refractivity contribution in [3.8, 4) is 0 Å². The van der Waals surface area contributed by atoms with Crippen LogP contribution in [-0.4, -0.2) is 22.6 Å². The number of pyridine rings is 1. The van der Waals surface area contributed by atoms with Crippen molar-refractivity contribution in [2.24, 2.45) is 5.92 Å². The second kappa shape index (κ2) is 4.38. The lowest BCUT2D eigenvalue weighted by atomic mass is 9.96. The molecule has 4 heteroatoms. The molecule has 2 N–H and O–H groups in total. The van der Waals surface area contributed by atoms with Gasteiger partial charge in [0.15, 0.2) is 0 Å². The Balaban J connectivity index is 1.98. The first-order valence-corrected chi connectivity index (χ1v) is 6.04. The van der Waals surface area contributed by atoms with Crippen LogP contribution in [0.15, 0.2) is 36.7 Å². The summed E-state index contributed by atoms with van der Waals surface area (Å²) in [6.07, 6.45) is 4.26. The molecule has 3 rings (SSSR count). The lowest BCUT2D eigenvalue weighted by molar-refractivity contribution is -0.141. The molecule has 18 heavy (non-hydrogen) atoms. The zero-order valence-corrected chi connectivity index (χ0v) is 9.84. The Labute approximate surface area is 105 Å². The quantitative estimate of drug-likeness (QED) is 0.845. The monoisotopic (exact) mass is 242 g/mol. The number of benzene rings is 1. The molecule has 1 aromatic heterocycles. The van der Waals surface area contributed by atoms with Gasteiger partial charge in [0.1, 0.15) is 0 Å². The fourth-order valence-electron chi connectivity index (χ4n) is 2.60. The molecule has 1 aliphatic rings. The molecule has 0 bridgehead atoms. The van der Waals surface area contributed by atoms with Gasteiger partial charge in [-0.15, -0.1) is 0 Å². The van der Waals surface area contributed by atoms with Crippen LogP contribution in [0.1, 0.15) is 18.0 Å². The highest BCUT2D eigenvalue weighted by atomic mass is 16.4. The second-order valence-corrected chi connectivity index (χ2v) is 4.68. The number of nitrogens with zero attached hydrogens (tertiary/aromatic N) is 1. The SMILES string of the molecule is O=C(O)C1CNC(c2cccc3ccncc23)C1. The molecule has 0 spiro atoms. The number of carbonyl (C=O) groups is 1. The molecule has 2 unspecified atom stereocenters. The summed E-state index contributed by atoms with van der Waals surface area (Å²) in [7, 11) is 0. The number of aromatic nitrogens is 1. The third-order valence-electron chi connectivity index (χ3n) is 3.57. The average Bonchev–Trinajstić information content (AvgIpc) is 2.87. The molecule has 2 aromatic rings. The first-order valence-electron chi connectivity index (χ1n) is 6.04. The molecule has 1 saturated heterocycles. The van der Waals surface area contributed by atoms with Gasteiger partial charge in [0.25, 0.3) is 0 Å². The predicted octanol–water partition coefficient (Wildman–Crippen LogP) is 1.97. The molecule has 4 nitrogen and oxygen atoms in total. The maximum absolute atomic E-state index is 11.0. The van der Waals surface area contributed by atoms with Crippen LogP contribution in [0.25, 0.3) is 10.8 Å². The van der Waals surface area contributed by atoms with E-state index >= 15 is 0 Å². The van der Waals surface area contributed by atoms with Gasteiger partial charge in [-0.05, 0) is 23.4 Å². The van der Waals surface area contributed by atoms with Crippen molar-refractivity contribution in [1.29, 1.82) is 0 Å². The summed E-state index contributed by atoms with van der Waals surface area (Å²) in [5.41, 5.74) is 1.14. The molecule has 1 aliphatic heterocycles. The van der Waals surface area contributed by atoms with Gasteiger partial charge < -0.3 is 10.4 Å². The molecule has 2 atom stereocenters. The molecule has 0 amide bonds. The van der Waals surface area contributed by atoms with Crippen LogP contribution >= 0.6 is 0 Å². The molecule has 1 fully saturated rings. The third kappa shape index (κ3) is 1.84. The Hall–Kier alpha value is -1.94. The van der Waals surface area contributed by atoms with Crippen molar-refractivity contribution in [1.82, 2.24) is 10.3 Å². The Kier molecular flexibility index (Phi) is 2.72. The van der Waals surface area contributed by atoms with Crippen molar-refractivity contribution < 1.29 is 9.90 Å². The summed E-state index contributed by atoms with van der Waals surface area (Å²) in [4.78, 5) is 15.1. The minimum Gasteiger partial charge on any atom is -0.481 e. The molecular formula is C14H14N2O2. The highest BCUT2D eigenvalue weighted by molar-refractivity contribution is 5.85. The van der Waals surface area contributed by atoms with Gasteiger partial charge in [-0.25, -0.2) is 0 Å². The largest absolute Gasteiger partial charge is 0.481 e. The van der Waals surface area contributed by atoms with E-state index in [1.807, 2.05) is 30.5 Å². The first kappa shape index (κ1) is 11.2. The van der Waals surface area contributed by atoms with Crippen LogP contribution in [0, 0.1) is 5.92 Å². The Morgan fingerprint density at radius 2 is 2.28 bits per heavy atom. The van der Waals surface area contributed by atoms with E-state index in [9.17, 15) is 4.79 Å². The standard InChI is InChI=1S/C14H14N2O2/c17-14(18)10-6-13(16-7-10)11-3-1-2-9-4-5-15-8-12(9)11/h1-5,8,10,13,16H,6-7H2,(H,17,18). The van der Waals surface area contributed by atoms with E-state index in [2.05, 4.69) is 10.3 Å². The van der Waals surface area contributed by atoms with Gasteiger partial charge in [-0.2, -0.15) is 0 Å². The van der Waals surface area contributed by atoms with E-state index in [1.54, 1.807) is 6.20 Å².